The number of hydrogen-bond donors (Lipinski definition) is 1. The first-order valence-electron chi connectivity index (χ1n) is 7.01. The van der Waals surface area contributed by atoms with Crippen molar-refractivity contribution in [2.24, 2.45) is 0 Å². The topological polar surface area (TPSA) is 58.4 Å². The second-order valence-corrected chi connectivity index (χ2v) is 5.64. The molecule has 0 radical (unpaired) electrons. The van der Waals surface area contributed by atoms with E-state index in [4.69, 9.17) is 16.6 Å². The number of anilines is 1. The third kappa shape index (κ3) is 2.11. The Balaban J connectivity index is 2.02. The van der Waals surface area contributed by atoms with Crippen molar-refractivity contribution in [2.75, 3.05) is 31.1 Å². The van der Waals surface area contributed by atoms with Crippen LogP contribution in [0.5, 0.6) is 0 Å². The van der Waals surface area contributed by atoms with E-state index < -0.39 is 0 Å². The van der Waals surface area contributed by atoms with E-state index in [1.165, 1.54) is 0 Å². The van der Waals surface area contributed by atoms with E-state index in [-0.39, 0.29) is 0 Å². The normalized spacial score (nSPS) is 16.0. The Morgan fingerprint density at radius 2 is 2.00 bits per heavy atom. The molecule has 1 aliphatic rings. The van der Waals surface area contributed by atoms with Gasteiger partial charge in [0.05, 0.1) is 5.52 Å². The highest BCUT2D eigenvalue weighted by Gasteiger charge is 2.19. The minimum Gasteiger partial charge on any atom is -0.338 e. The maximum absolute atomic E-state index is 6.11. The van der Waals surface area contributed by atoms with Crippen molar-refractivity contribution in [3.05, 3.63) is 29.0 Å². The summed E-state index contributed by atoms with van der Waals surface area (Å²) in [5.74, 6) is 1.58. The van der Waals surface area contributed by atoms with Crippen LogP contribution in [0.2, 0.25) is 5.02 Å². The third-order valence-electron chi connectivity index (χ3n) is 3.72. The van der Waals surface area contributed by atoms with Gasteiger partial charge in [-0.1, -0.05) is 11.6 Å². The van der Waals surface area contributed by atoms with Crippen molar-refractivity contribution in [3.8, 4) is 0 Å². The zero-order valence-corrected chi connectivity index (χ0v) is 12.4. The quantitative estimate of drug-likeness (QED) is 0.741. The largest absolute Gasteiger partial charge is 0.338 e. The number of aromatic nitrogens is 4. The molecule has 3 heterocycles. The van der Waals surface area contributed by atoms with Gasteiger partial charge in [-0.15, -0.1) is 5.10 Å². The number of nitrogens with zero attached hydrogens (tertiary/aromatic N) is 5. The van der Waals surface area contributed by atoms with Crippen molar-refractivity contribution < 1.29 is 0 Å². The summed E-state index contributed by atoms with van der Waals surface area (Å²) in [6, 6.07) is 5.70. The number of benzene rings is 1. The van der Waals surface area contributed by atoms with Crippen LogP contribution in [0.1, 0.15) is 5.82 Å². The predicted molar refractivity (Wildman–Crippen MR) is 83.1 cm³/mol. The van der Waals surface area contributed by atoms with Crippen molar-refractivity contribution in [2.45, 2.75) is 6.92 Å². The van der Waals surface area contributed by atoms with E-state index in [2.05, 4.69) is 20.3 Å². The molecule has 0 aliphatic carbocycles. The highest BCUT2D eigenvalue weighted by molar-refractivity contribution is 6.31. The van der Waals surface area contributed by atoms with Gasteiger partial charge in [0.25, 0.3) is 0 Å². The molecular weight excluding hydrogens is 288 g/mol. The van der Waals surface area contributed by atoms with Crippen molar-refractivity contribution >= 4 is 34.1 Å². The van der Waals surface area contributed by atoms with Crippen LogP contribution in [0.15, 0.2) is 18.2 Å². The summed E-state index contributed by atoms with van der Waals surface area (Å²) in [6.07, 6.45) is 0. The second-order valence-electron chi connectivity index (χ2n) is 5.20. The third-order valence-corrected chi connectivity index (χ3v) is 3.96. The fraction of sp³-hybridized carbons (Fsp3) is 0.357. The molecule has 1 saturated heterocycles. The number of halogens is 1. The van der Waals surface area contributed by atoms with Gasteiger partial charge < -0.3 is 10.2 Å². The molecule has 21 heavy (non-hydrogen) atoms. The number of hydrogen-bond acceptors (Lipinski definition) is 5. The number of piperazine rings is 1. The molecule has 6 nitrogen and oxygen atoms in total. The number of rotatable bonds is 1. The van der Waals surface area contributed by atoms with Gasteiger partial charge in [0.15, 0.2) is 5.65 Å². The summed E-state index contributed by atoms with van der Waals surface area (Å²) in [6.45, 7) is 5.62. The summed E-state index contributed by atoms with van der Waals surface area (Å²) in [5, 5.41) is 9.51. The summed E-state index contributed by atoms with van der Waals surface area (Å²) in [5.41, 5.74) is 1.69. The molecule has 0 amide bonds. The van der Waals surface area contributed by atoms with Crippen LogP contribution in [-0.4, -0.2) is 45.8 Å². The molecule has 108 valence electrons. The van der Waals surface area contributed by atoms with Crippen LogP contribution in [0.25, 0.3) is 16.6 Å². The molecule has 0 bridgehead atoms. The van der Waals surface area contributed by atoms with Gasteiger partial charge in [0, 0.05) is 36.6 Å². The van der Waals surface area contributed by atoms with E-state index in [9.17, 15) is 0 Å². The molecule has 1 fully saturated rings. The highest BCUT2D eigenvalue weighted by atomic mass is 35.5. The lowest BCUT2D eigenvalue weighted by Gasteiger charge is -2.28. The van der Waals surface area contributed by atoms with E-state index in [0.717, 1.165) is 54.5 Å². The Hall–Kier alpha value is -1.92. The first-order valence-corrected chi connectivity index (χ1v) is 7.38. The molecule has 2 aromatic heterocycles. The van der Waals surface area contributed by atoms with Crippen molar-refractivity contribution in [3.63, 3.8) is 0 Å². The van der Waals surface area contributed by atoms with Crippen LogP contribution in [0, 0.1) is 6.92 Å². The standard InChI is InChI=1S/C14H15ClN6/c1-9-17-13-11-3-2-10(15)8-12(11)18-14(21(13)19-9)20-6-4-16-5-7-20/h2-3,8,16H,4-7H2,1H3. The first kappa shape index (κ1) is 12.8. The minimum absolute atomic E-state index is 0.682. The van der Waals surface area contributed by atoms with E-state index in [1.807, 2.05) is 29.6 Å². The monoisotopic (exact) mass is 302 g/mol. The zero-order valence-electron chi connectivity index (χ0n) is 11.7. The fourth-order valence-electron chi connectivity index (χ4n) is 2.74. The molecule has 1 aromatic carbocycles. The van der Waals surface area contributed by atoms with E-state index >= 15 is 0 Å². The summed E-state index contributed by atoms with van der Waals surface area (Å²) < 4.78 is 1.84. The Morgan fingerprint density at radius 3 is 2.81 bits per heavy atom. The number of nitrogens with one attached hydrogen (secondary N) is 1. The first-order chi connectivity index (χ1) is 10.2. The lowest BCUT2D eigenvalue weighted by atomic mass is 10.2. The predicted octanol–water partition coefficient (Wildman–Crippen LogP) is 1.65. The second kappa shape index (κ2) is 4.82. The van der Waals surface area contributed by atoms with Gasteiger partial charge in [-0.3, -0.25) is 0 Å². The highest BCUT2D eigenvalue weighted by Crippen LogP contribution is 2.25. The fourth-order valence-corrected chi connectivity index (χ4v) is 2.91. The number of aryl methyl sites for hydroxylation is 1. The van der Waals surface area contributed by atoms with Gasteiger partial charge in [0.2, 0.25) is 5.95 Å². The van der Waals surface area contributed by atoms with Gasteiger partial charge in [-0.05, 0) is 25.1 Å². The van der Waals surface area contributed by atoms with E-state index in [0.29, 0.717) is 5.02 Å². The van der Waals surface area contributed by atoms with Crippen LogP contribution in [-0.2, 0) is 0 Å². The minimum atomic E-state index is 0.682. The molecular formula is C14H15ClN6. The molecule has 1 N–H and O–H groups in total. The van der Waals surface area contributed by atoms with E-state index in [1.54, 1.807) is 0 Å². The summed E-state index contributed by atoms with van der Waals surface area (Å²) >= 11 is 6.11. The van der Waals surface area contributed by atoms with Crippen LogP contribution in [0.4, 0.5) is 5.95 Å². The van der Waals surface area contributed by atoms with Gasteiger partial charge in [-0.2, -0.15) is 4.52 Å². The average molecular weight is 303 g/mol. The van der Waals surface area contributed by atoms with Gasteiger partial charge >= 0.3 is 0 Å². The maximum atomic E-state index is 6.11. The lowest BCUT2D eigenvalue weighted by molar-refractivity contribution is 0.575. The Bertz CT molecular complexity index is 821. The van der Waals surface area contributed by atoms with Crippen LogP contribution in [0.3, 0.4) is 0 Å². The average Bonchev–Trinajstić information content (AvgIpc) is 2.88. The molecule has 0 saturated carbocycles. The van der Waals surface area contributed by atoms with Gasteiger partial charge in [-0.25, -0.2) is 9.97 Å². The molecule has 0 spiro atoms. The van der Waals surface area contributed by atoms with Crippen LogP contribution < -0.4 is 10.2 Å². The smallest absolute Gasteiger partial charge is 0.229 e. The molecule has 4 rings (SSSR count). The van der Waals surface area contributed by atoms with Crippen LogP contribution >= 0.6 is 11.6 Å². The lowest BCUT2D eigenvalue weighted by Crippen LogP contribution is -2.44. The van der Waals surface area contributed by atoms with Gasteiger partial charge in [0.1, 0.15) is 5.82 Å². The number of fused-ring (bicyclic) bond motifs is 3. The summed E-state index contributed by atoms with van der Waals surface area (Å²) in [7, 11) is 0. The molecule has 1 aliphatic heterocycles. The Kier molecular flexibility index (Phi) is 2.94. The Labute approximate surface area is 126 Å². The van der Waals surface area contributed by atoms with Crippen molar-refractivity contribution in [1.29, 1.82) is 0 Å². The molecule has 7 heteroatoms. The maximum Gasteiger partial charge on any atom is 0.229 e. The van der Waals surface area contributed by atoms with Crippen molar-refractivity contribution in [1.82, 2.24) is 24.9 Å². The Morgan fingerprint density at radius 1 is 1.19 bits per heavy atom. The SMILES string of the molecule is Cc1nc2c3ccc(Cl)cc3nc(N3CCNCC3)n2n1. The molecule has 0 atom stereocenters. The molecule has 0 unspecified atom stereocenters. The molecule has 3 aromatic rings. The summed E-state index contributed by atoms with van der Waals surface area (Å²) in [4.78, 5) is 11.6. The zero-order chi connectivity index (χ0) is 14.4.